The minimum atomic E-state index is 0. The number of hydrogen-bond acceptors (Lipinski definition) is 1. The van der Waals surface area contributed by atoms with E-state index < -0.39 is 0 Å². The van der Waals surface area contributed by atoms with E-state index >= 15 is 0 Å². The van der Waals surface area contributed by atoms with E-state index in [-0.39, 0.29) is 12.4 Å². The molecule has 82 valence electrons. The fraction of sp³-hybridized carbons (Fsp3) is 0.214. The van der Waals surface area contributed by atoms with Crippen LogP contribution in [0.25, 0.3) is 10.8 Å². The molecule has 2 aromatic rings. The molecule has 0 bridgehead atoms. The average Bonchev–Trinajstić information content (AvgIpc) is 3.11. The maximum absolute atomic E-state index is 12.0. The van der Waals surface area contributed by atoms with Crippen LogP contribution in [0, 0.1) is 5.92 Å². The molecule has 0 aromatic heterocycles. The van der Waals surface area contributed by atoms with E-state index in [9.17, 15) is 4.79 Å². The summed E-state index contributed by atoms with van der Waals surface area (Å²) in [4.78, 5) is 12.0. The Bertz CT molecular complexity index is 524. The summed E-state index contributed by atoms with van der Waals surface area (Å²) in [6, 6.07) is 14.1. The number of halogens is 1. The molecule has 0 heterocycles. The summed E-state index contributed by atoms with van der Waals surface area (Å²) in [7, 11) is 0. The summed E-state index contributed by atoms with van der Waals surface area (Å²) in [5.41, 5.74) is 0.899. The second-order valence-electron chi connectivity index (χ2n) is 4.17. The first-order valence-electron chi connectivity index (χ1n) is 5.38. The van der Waals surface area contributed by atoms with Crippen molar-refractivity contribution in [1.82, 2.24) is 0 Å². The number of hydrogen-bond donors (Lipinski definition) is 0. The van der Waals surface area contributed by atoms with Gasteiger partial charge in [-0.1, -0.05) is 42.5 Å². The third kappa shape index (κ3) is 1.83. The molecule has 1 saturated carbocycles. The van der Waals surface area contributed by atoms with Crippen LogP contribution in [-0.4, -0.2) is 5.78 Å². The Morgan fingerprint density at radius 2 is 1.69 bits per heavy atom. The molecule has 0 atom stereocenters. The number of ketones is 1. The lowest BCUT2D eigenvalue weighted by molar-refractivity contribution is 0.0969. The molecule has 0 spiro atoms. The van der Waals surface area contributed by atoms with Gasteiger partial charge in [-0.3, -0.25) is 4.79 Å². The van der Waals surface area contributed by atoms with E-state index in [1.54, 1.807) is 0 Å². The van der Waals surface area contributed by atoms with Gasteiger partial charge in [-0.25, -0.2) is 0 Å². The van der Waals surface area contributed by atoms with Gasteiger partial charge in [-0.05, 0) is 23.6 Å². The topological polar surface area (TPSA) is 17.1 Å². The minimum absolute atomic E-state index is 0. The third-order valence-corrected chi connectivity index (χ3v) is 3.00. The highest BCUT2D eigenvalue weighted by Crippen LogP contribution is 2.34. The molecule has 0 saturated heterocycles. The van der Waals surface area contributed by atoms with Crippen molar-refractivity contribution in [2.45, 2.75) is 12.8 Å². The van der Waals surface area contributed by atoms with Gasteiger partial charge < -0.3 is 0 Å². The second kappa shape index (κ2) is 4.26. The zero-order chi connectivity index (χ0) is 10.3. The third-order valence-electron chi connectivity index (χ3n) is 3.00. The first-order valence-corrected chi connectivity index (χ1v) is 5.38. The number of Topliss-reactive ketones (excluding diaryl/α,β-unsaturated/α-hetero) is 1. The molecule has 0 unspecified atom stereocenters. The highest BCUT2D eigenvalue weighted by atomic mass is 35.5. The number of fused-ring (bicyclic) bond motifs is 1. The first-order chi connectivity index (χ1) is 7.36. The Labute approximate surface area is 101 Å². The molecular weight excluding hydrogens is 220 g/mol. The minimum Gasteiger partial charge on any atom is -0.294 e. The van der Waals surface area contributed by atoms with Crippen LogP contribution >= 0.6 is 12.4 Å². The first kappa shape index (κ1) is 11.2. The molecule has 0 aliphatic heterocycles. The monoisotopic (exact) mass is 232 g/mol. The van der Waals surface area contributed by atoms with Crippen LogP contribution in [-0.2, 0) is 0 Å². The van der Waals surface area contributed by atoms with Gasteiger partial charge >= 0.3 is 0 Å². The number of carbonyl (C=O) groups excluding carboxylic acids is 1. The quantitative estimate of drug-likeness (QED) is 0.719. The van der Waals surface area contributed by atoms with Gasteiger partial charge in [0, 0.05) is 11.5 Å². The predicted octanol–water partition coefficient (Wildman–Crippen LogP) is 3.85. The van der Waals surface area contributed by atoms with Crippen molar-refractivity contribution < 1.29 is 4.79 Å². The average molecular weight is 233 g/mol. The molecule has 1 aliphatic rings. The summed E-state index contributed by atoms with van der Waals surface area (Å²) in [6.45, 7) is 0. The van der Waals surface area contributed by atoms with Crippen LogP contribution in [0.1, 0.15) is 23.2 Å². The van der Waals surface area contributed by atoms with Crippen molar-refractivity contribution in [3.05, 3.63) is 48.0 Å². The summed E-state index contributed by atoms with van der Waals surface area (Å²) >= 11 is 0. The molecule has 1 aliphatic carbocycles. The van der Waals surface area contributed by atoms with Crippen LogP contribution in [0.15, 0.2) is 42.5 Å². The fourth-order valence-corrected chi connectivity index (χ4v) is 2.01. The molecule has 2 aromatic carbocycles. The van der Waals surface area contributed by atoms with E-state index in [0.29, 0.717) is 11.7 Å². The Balaban J connectivity index is 0.000000963. The van der Waals surface area contributed by atoms with Crippen molar-refractivity contribution >= 4 is 29.0 Å². The van der Waals surface area contributed by atoms with E-state index in [1.807, 2.05) is 30.3 Å². The van der Waals surface area contributed by atoms with Crippen LogP contribution in [0.5, 0.6) is 0 Å². The van der Waals surface area contributed by atoms with Gasteiger partial charge in [-0.2, -0.15) is 0 Å². The van der Waals surface area contributed by atoms with E-state index in [1.165, 1.54) is 0 Å². The summed E-state index contributed by atoms with van der Waals surface area (Å²) in [5, 5.41) is 2.25. The van der Waals surface area contributed by atoms with Crippen LogP contribution in [0.4, 0.5) is 0 Å². The van der Waals surface area contributed by atoms with Crippen molar-refractivity contribution in [3.63, 3.8) is 0 Å². The number of rotatable bonds is 2. The molecule has 0 N–H and O–H groups in total. The fourth-order valence-electron chi connectivity index (χ4n) is 2.01. The molecule has 0 radical (unpaired) electrons. The summed E-state index contributed by atoms with van der Waals surface area (Å²) < 4.78 is 0. The van der Waals surface area contributed by atoms with Crippen LogP contribution in [0.3, 0.4) is 0 Å². The summed E-state index contributed by atoms with van der Waals surface area (Å²) in [6.07, 6.45) is 2.14. The Kier molecular flexibility index (Phi) is 2.97. The lowest BCUT2D eigenvalue weighted by Crippen LogP contribution is -2.01. The van der Waals surface area contributed by atoms with Gasteiger partial charge in [0.25, 0.3) is 0 Å². The van der Waals surface area contributed by atoms with Crippen molar-refractivity contribution in [2.24, 2.45) is 5.92 Å². The Morgan fingerprint density at radius 3 is 2.44 bits per heavy atom. The van der Waals surface area contributed by atoms with Crippen molar-refractivity contribution in [2.75, 3.05) is 0 Å². The van der Waals surface area contributed by atoms with Gasteiger partial charge in [0.15, 0.2) is 5.78 Å². The molecule has 0 amide bonds. The molecule has 1 fully saturated rings. The van der Waals surface area contributed by atoms with Gasteiger partial charge in [0.2, 0.25) is 0 Å². The van der Waals surface area contributed by atoms with Gasteiger partial charge in [-0.15, -0.1) is 12.4 Å². The highest BCUT2D eigenvalue weighted by Gasteiger charge is 2.30. The maximum Gasteiger partial charge on any atom is 0.166 e. The smallest absolute Gasteiger partial charge is 0.166 e. The number of benzene rings is 2. The Hall–Kier alpha value is -1.34. The molecule has 3 rings (SSSR count). The normalized spacial score (nSPS) is 14.5. The van der Waals surface area contributed by atoms with E-state index in [2.05, 4.69) is 12.1 Å². The van der Waals surface area contributed by atoms with Gasteiger partial charge in [0.1, 0.15) is 0 Å². The Morgan fingerprint density at radius 1 is 1.00 bits per heavy atom. The van der Waals surface area contributed by atoms with Crippen LogP contribution in [0.2, 0.25) is 0 Å². The van der Waals surface area contributed by atoms with Crippen molar-refractivity contribution in [1.29, 1.82) is 0 Å². The molecule has 2 heteroatoms. The molecule has 16 heavy (non-hydrogen) atoms. The van der Waals surface area contributed by atoms with E-state index in [0.717, 1.165) is 29.2 Å². The molecular formula is C14H13ClO. The SMILES string of the molecule is Cl.O=C(c1cccc2ccccc12)C1CC1. The van der Waals surface area contributed by atoms with E-state index in [4.69, 9.17) is 0 Å². The van der Waals surface area contributed by atoms with Crippen LogP contribution < -0.4 is 0 Å². The lowest BCUT2D eigenvalue weighted by Gasteiger charge is -2.04. The number of carbonyl (C=O) groups is 1. The van der Waals surface area contributed by atoms with Gasteiger partial charge in [0.05, 0.1) is 0 Å². The maximum atomic E-state index is 12.0. The standard InChI is InChI=1S/C14H12O.ClH/c15-14(11-8-9-11)13-7-3-5-10-4-1-2-6-12(10)13;/h1-7,11H,8-9H2;1H. The highest BCUT2D eigenvalue weighted by molar-refractivity contribution is 6.09. The zero-order valence-electron chi connectivity index (χ0n) is 8.85. The largest absolute Gasteiger partial charge is 0.294 e. The van der Waals surface area contributed by atoms with Crippen molar-refractivity contribution in [3.8, 4) is 0 Å². The second-order valence-corrected chi connectivity index (χ2v) is 4.17. The predicted molar refractivity (Wildman–Crippen MR) is 68.3 cm³/mol. The summed E-state index contributed by atoms with van der Waals surface area (Å²) in [5.74, 6) is 0.627. The molecule has 1 nitrogen and oxygen atoms in total. The lowest BCUT2D eigenvalue weighted by atomic mass is 9.99. The zero-order valence-corrected chi connectivity index (χ0v) is 9.67.